The number of carbonyl (C=O) groups excluding carboxylic acids is 2. The minimum atomic E-state index is -0.754. The molecule has 0 heterocycles. The normalized spacial score (nSPS) is 10.1. The number of hydrogen-bond donors (Lipinski definition) is 1. The van der Waals surface area contributed by atoms with Gasteiger partial charge in [-0.05, 0) is 23.8 Å². The van der Waals surface area contributed by atoms with Crippen molar-refractivity contribution in [2.24, 2.45) is 5.73 Å². The van der Waals surface area contributed by atoms with Crippen LogP contribution in [0.3, 0.4) is 0 Å². The highest BCUT2D eigenvalue weighted by Gasteiger charge is 2.16. The minimum absolute atomic E-state index is 0.158. The Morgan fingerprint density at radius 2 is 1.85 bits per heavy atom. The Balaban J connectivity index is 2.56. The van der Waals surface area contributed by atoms with E-state index in [-0.39, 0.29) is 16.7 Å². The SMILES string of the molecule is COC(=O)c1cccc(-c2cccc(C(N)=O)c2)c1F. The number of esters is 1. The molecule has 0 bridgehead atoms. The zero-order chi connectivity index (χ0) is 14.7. The highest BCUT2D eigenvalue weighted by molar-refractivity contribution is 5.95. The molecule has 20 heavy (non-hydrogen) atoms. The van der Waals surface area contributed by atoms with Gasteiger partial charge in [-0.2, -0.15) is 0 Å². The van der Waals surface area contributed by atoms with Crippen LogP contribution in [0.5, 0.6) is 0 Å². The monoisotopic (exact) mass is 273 g/mol. The van der Waals surface area contributed by atoms with Crippen molar-refractivity contribution >= 4 is 11.9 Å². The van der Waals surface area contributed by atoms with Crippen LogP contribution in [0.25, 0.3) is 11.1 Å². The number of hydrogen-bond acceptors (Lipinski definition) is 3. The van der Waals surface area contributed by atoms with Gasteiger partial charge in [0.2, 0.25) is 5.91 Å². The molecule has 0 radical (unpaired) electrons. The minimum Gasteiger partial charge on any atom is -0.465 e. The molecular weight excluding hydrogens is 261 g/mol. The maximum Gasteiger partial charge on any atom is 0.340 e. The molecule has 0 saturated heterocycles. The number of benzene rings is 2. The summed E-state index contributed by atoms with van der Waals surface area (Å²) in [6.07, 6.45) is 0. The van der Waals surface area contributed by atoms with Crippen LogP contribution in [-0.2, 0) is 4.74 Å². The molecule has 0 unspecified atom stereocenters. The molecule has 0 aliphatic carbocycles. The predicted octanol–water partition coefficient (Wildman–Crippen LogP) is 2.38. The molecule has 2 aromatic rings. The van der Waals surface area contributed by atoms with E-state index in [1.54, 1.807) is 18.2 Å². The summed E-state index contributed by atoms with van der Waals surface area (Å²) >= 11 is 0. The summed E-state index contributed by atoms with van der Waals surface area (Å²) in [5, 5.41) is 0. The third kappa shape index (κ3) is 2.51. The largest absolute Gasteiger partial charge is 0.465 e. The van der Waals surface area contributed by atoms with Gasteiger partial charge in [0, 0.05) is 11.1 Å². The van der Waals surface area contributed by atoms with Gasteiger partial charge >= 0.3 is 5.97 Å². The molecule has 0 fully saturated rings. The lowest BCUT2D eigenvalue weighted by atomic mass is 10.00. The van der Waals surface area contributed by atoms with E-state index in [4.69, 9.17) is 5.73 Å². The van der Waals surface area contributed by atoms with Crippen molar-refractivity contribution in [1.82, 2.24) is 0 Å². The van der Waals surface area contributed by atoms with Crippen molar-refractivity contribution in [1.29, 1.82) is 0 Å². The average Bonchev–Trinajstić information content (AvgIpc) is 2.46. The van der Waals surface area contributed by atoms with Crippen LogP contribution >= 0.6 is 0 Å². The van der Waals surface area contributed by atoms with Gasteiger partial charge in [-0.15, -0.1) is 0 Å². The van der Waals surface area contributed by atoms with E-state index in [9.17, 15) is 14.0 Å². The van der Waals surface area contributed by atoms with Crippen molar-refractivity contribution in [3.05, 3.63) is 59.4 Å². The summed E-state index contributed by atoms with van der Waals surface area (Å²) in [6.45, 7) is 0. The molecule has 5 heteroatoms. The fourth-order valence-corrected chi connectivity index (χ4v) is 1.86. The van der Waals surface area contributed by atoms with Crippen LogP contribution in [-0.4, -0.2) is 19.0 Å². The maximum absolute atomic E-state index is 14.3. The Morgan fingerprint density at radius 1 is 1.15 bits per heavy atom. The Morgan fingerprint density at radius 3 is 2.50 bits per heavy atom. The molecule has 0 aromatic heterocycles. The Hall–Kier alpha value is -2.69. The number of ether oxygens (including phenoxy) is 1. The Kier molecular flexibility index (Phi) is 3.79. The van der Waals surface area contributed by atoms with E-state index in [2.05, 4.69) is 4.74 Å². The van der Waals surface area contributed by atoms with Crippen LogP contribution in [0.2, 0.25) is 0 Å². The fraction of sp³-hybridized carbons (Fsp3) is 0.0667. The summed E-state index contributed by atoms with van der Waals surface area (Å²) in [6, 6.07) is 10.6. The van der Waals surface area contributed by atoms with E-state index < -0.39 is 17.7 Å². The molecule has 2 N–H and O–H groups in total. The predicted molar refractivity (Wildman–Crippen MR) is 71.7 cm³/mol. The standard InChI is InChI=1S/C15H12FNO3/c1-20-15(19)12-7-3-6-11(13(12)16)9-4-2-5-10(8-9)14(17)18/h2-8H,1H3,(H2,17,18). The molecule has 4 nitrogen and oxygen atoms in total. The van der Waals surface area contributed by atoms with Gasteiger partial charge in [-0.3, -0.25) is 4.79 Å². The second-order valence-corrected chi connectivity index (χ2v) is 4.10. The first-order valence-corrected chi connectivity index (χ1v) is 5.81. The van der Waals surface area contributed by atoms with Gasteiger partial charge in [-0.1, -0.05) is 24.3 Å². The van der Waals surface area contributed by atoms with E-state index in [1.807, 2.05) is 0 Å². The zero-order valence-electron chi connectivity index (χ0n) is 10.7. The lowest BCUT2D eigenvalue weighted by Crippen LogP contribution is -2.10. The molecule has 1 amide bonds. The molecule has 0 spiro atoms. The van der Waals surface area contributed by atoms with Crippen LogP contribution in [0, 0.1) is 5.82 Å². The fourth-order valence-electron chi connectivity index (χ4n) is 1.86. The van der Waals surface area contributed by atoms with E-state index in [1.165, 1.54) is 31.4 Å². The lowest BCUT2D eigenvalue weighted by Gasteiger charge is -2.08. The third-order valence-corrected chi connectivity index (χ3v) is 2.86. The van der Waals surface area contributed by atoms with E-state index >= 15 is 0 Å². The summed E-state index contributed by atoms with van der Waals surface area (Å²) in [7, 11) is 1.18. The highest BCUT2D eigenvalue weighted by atomic mass is 19.1. The number of halogens is 1. The quantitative estimate of drug-likeness (QED) is 0.873. The van der Waals surface area contributed by atoms with Crippen molar-refractivity contribution in [2.75, 3.05) is 7.11 Å². The lowest BCUT2D eigenvalue weighted by molar-refractivity contribution is 0.0595. The first kappa shape index (κ1) is 13.7. The van der Waals surface area contributed by atoms with E-state index in [0.717, 1.165) is 0 Å². The molecule has 0 aliphatic heterocycles. The summed E-state index contributed by atoms with van der Waals surface area (Å²) in [5.41, 5.74) is 5.97. The Labute approximate surface area is 115 Å². The van der Waals surface area contributed by atoms with Gasteiger partial charge in [-0.25, -0.2) is 9.18 Å². The summed E-state index contributed by atoms with van der Waals surface area (Å²) < 4.78 is 18.8. The van der Waals surface area contributed by atoms with Crippen LogP contribution < -0.4 is 5.73 Å². The van der Waals surface area contributed by atoms with Crippen LogP contribution in [0.15, 0.2) is 42.5 Å². The van der Waals surface area contributed by atoms with Gasteiger partial charge in [0.1, 0.15) is 5.82 Å². The maximum atomic E-state index is 14.3. The number of nitrogens with two attached hydrogens (primary N) is 1. The van der Waals surface area contributed by atoms with Crippen molar-refractivity contribution in [3.8, 4) is 11.1 Å². The molecular formula is C15H12FNO3. The highest BCUT2D eigenvalue weighted by Crippen LogP contribution is 2.26. The molecule has 2 aromatic carbocycles. The molecule has 102 valence electrons. The third-order valence-electron chi connectivity index (χ3n) is 2.86. The summed E-state index contributed by atoms with van der Waals surface area (Å²) in [4.78, 5) is 22.6. The number of carbonyl (C=O) groups is 2. The van der Waals surface area contributed by atoms with E-state index in [0.29, 0.717) is 5.56 Å². The molecule has 0 atom stereocenters. The second-order valence-electron chi connectivity index (χ2n) is 4.10. The Bertz CT molecular complexity index is 683. The van der Waals surface area contributed by atoms with Crippen LogP contribution in [0.4, 0.5) is 4.39 Å². The van der Waals surface area contributed by atoms with Gasteiger partial charge in [0.15, 0.2) is 0 Å². The topological polar surface area (TPSA) is 69.4 Å². The van der Waals surface area contributed by atoms with Crippen molar-refractivity contribution in [3.63, 3.8) is 0 Å². The van der Waals surface area contributed by atoms with Crippen molar-refractivity contribution in [2.45, 2.75) is 0 Å². The zero-order valence-corrected chi connectivity index (χ0v) is 10.7. The van der Waals surface area contributed by atoms with Gasteiger partial charge < -0.3 is 10.5 Å². The molecule has 0 saturated carbocycles. The first-order valence-electron chi connectivity index (χ1n) is 5.81. The molecule has 0 aliphatic rings. The smallest absolute Gasteiger partial charge is 0.340 e. The van der Waals surface area contributed by atoms with Crippen molar-refractivity contribution < 1.29 is 18.7 Å². The first-order chi connectivity index (χ1) is 9.54. The number of methoxy groups -OCH3 is 1. The summed E-state index contributed by atoms with van der Waals surface area (Å²) in [5.74, 6) is -2.05. The second kappa shape index (κ2) is 5.52. The van der Waals surface area contributed by atoms with Gasteiger partial charge in [0.05, 0.1) is 12.7 Å². The number of amides is 1. The van der Waals surface area contributed by atoms with Gasteiger partial charge in [0.25, 0.3) is 0 Å². The number of rotatable bonds is 3. The average molecular weight is 273 g/mol. The molecule has 2 rings (SSSR count). The van der Waals surface area contributed by atoms with Crippen LogP contribution in [0.1, 0.15) is 20.7 Å². The number of primary amides is 1.